The van der Waals surface area contributed by atoms with Crippen molar-refractivity contribution in [1.29, 1.82) is 0 Å². The Balaban J connectivity index is 1.22. The Morgan fingerprint density at radius 3 is 2.17 bits per heavy atom. The summed E-state index contributed by atoms with van der Waals surface area (Å²) >= 11 is 0. The van der Waals surface area contributed by atoms with Crippen LogP contribution < -0.4 is 10.6 Å². The van der Waals surface area contributed by atoms with Gasteiger partial charge < -0.3 is 24.7 Å². The van der Waals surface area contributed by atoms with E-state index in [9.17, 15) is 14.4 Å². The topological polar surface area (TPSA) is 103 Å². The summed E-state index contributed by atoms with van der Waals surface area (Å²) in [7, 11) is -0.787. The van der Waals surface area contributed by atoms with Crippen LogP contribution in [0.4, 0.5) is 10.5 Å². The lowest BCUT2D eigenvalue weighted by atomic mass is 9.76. The minimum absolute atomic E-state index is 0.0483. The van der Waals surface area contributed by atoms with Crippen molar-refractivity contribution in [1.82, 2.24) is 5.32 Å². The van der Waals surface area contributed by atoms with Crippen LogP contribution in [0.5, 0.6) is 0 Å². The van der Waals surface area contributed by atoms with E-state index in [1.807, 2.05) is 52.0 Å². The first-order valence-corrected chi connectivity index (χ1v) is 13.7. The Hall–Kier alpha value is -4.21. The van der Waals surface area contributed by atoms with Crippen molar-refractivity contribution in [3.63, 3.8) is 0 Å². The first-order chi connectivity index (χ1) is 19.6. The number of anilines is 1. The van der Waals surface area contributed by atoms with Gasteiger partial charge in [0.05, 0.1) is 22.5 Å². The number of ether oxygens (including phenoxy) is 1. The molecule has 0 atom stereocenters. The maximum absolute atomic E-state index is 13.0. The highest BCUT2D eigenvalue weighted by atomic mass is 16.7. The Labute approximate surface area is 239 Å². The molecular formula is C32H31BN2O6. The van der Waals surface area contributed by atoms with E-state index in [1.54, 1.807) is 24.3 Å². The molecule has 208 valence electrons. The predicted molar refractivity (Wildman–Crippen MR) is 157 cm³/mol. The smallest absolute Gasteiger partial charge is 0.449 e. The molecule has 2 N–H and O–H groups in total. The molecular weight excluding hydrogens is 519 g/mol. The third kappa shape index (κ3) is 4.75. The van der Waals surface area contributed by atoms with Crippen molar-refractivity contribution in [3.05, 3.63) is 94.5 Å². The molecule has 2 amide bonds. The zero-order valence-electron chi connectivity index (χ0n) is 23.4. The summed E-state index contributed by atoms with van der Waals surface area (Å²) in [5.74, 6) is -1.34. The molecule has 2 heterocycles. The molecule has 3 aromatic carbocycles. The maximum Gasteiger partial charge on any atom is 0.492 e. The van der Waals surface area contributed by atoms with Gasteiger partial charge in [-0.25, -0.2) is 4.79 Å². The van der Waals surface area contributed by atoms with Gasteiger partial charge in [-0.1, -0.05) is 66.7 Å². The summed E-state index contributed by atoms with van der Waals surface area (Å²) in [6.45, 7) is 7.99. The first-order valence-electron chi connectivity index (χ1n) is 13.7. The van der Waals surface area contributed by atoms with Gasteiger partial charge in [0.15, 0.2) is 0 Å². The number of Topliss-reactive ketones (excluding diaryl/α,β-unsaturated/α-hetero) is 1. The van der Waals surface area contributed by atoms with E-state index >= 15 is 0 Å². The van der Waals surface area contributed by atoms with Crippen LogP contribution in [0.2, 0.25) is 0 Å². The highest BCUT2D eigenvalue weighted by molar-refractivity contribution is 6.56. The highest BCUT2D eigenvalue weighted by Crippen LogP contribution is 2.44. The van der Waals surface area contributed by atoms with E-state index in [4.69, 9.17) is 14.0 Å². The molecule has 1 saturated heterocycles. The first kappa shape index (κ1) is 27.0. The predicted octanol–water partition coefficient (Wildman–Crippen LogP) is 5.37. The minimum Gasteiger partial charge on any atom is -0.449 e. The van der Waals surface area contributed by atoms with Crippen molar-refractivity contribution >= 4 is 36.7 Å². The fourth-order valence-corrected chi connectivity index (χ4v) is 5.56. The third-order valence-electron chi connectivity index (χ3n) is 8.46. The standard InChI is InChI=1S/C32H31BN2O6/c1-31(2)32(3,4)41-33(40-31)20(16-19-10-9-15-26-27(19)28(36)29(37)35-26)17-34-30(38)39-18-25-23-13-7-5-11-21(23)22-12-6-8-14-24(22)25/h5-16,25H,17-18H2,1-4H3,(H,34,38)(H,35,36,37). The molecule has 8 nitrogen and oxygen atoms in total. The number of nitrogens with one attached hydrogen (secondary N) is 2. The van der Waals surface area contributed by atoms with Crippen LogP contribution in [-0.2, 0) is 18.8 Å². The van der Waals surface area contributed by atoms with Gasteiger partial charge in [0.1, 0.15) is 6.61 Å². The van der Waals surface area contributed by atoms with Crippen molar-refractivity contribution in [2.75, 3.05) is 18.5 Å². The normalized spacial score (nSPS) is 18.5. The van der Waals surface area contributed by atoms with Crippen LogP contribution in [0.3, 0.4) is 0 Å². The average Bonchev–Trinajstić information content (AvgIpc) is 3.50. The largest absolute Gasteiger partial charge is 0.492 e. The third-order valence-corrected chi connectivity index (χ3v) is 8.46. The molecule has 2 aliphatic heterocycles. The number of hydrogen-bond acceptors (Lipinski definition) is 6. The molecule has 0 aromatic heterocycles. The molecule has 0 unspecified atom stereocenters. The van der Waals surface area contributed by atoms with Crippen molar-refractivity contribution in [3.8, 4) is 11.1 Å². The second kappa shape index (κ2) is 10.0. The summed E-state index contributed by atoms with van der Waals surface area (Å²) < 4.78 is 18.3. The number of hydrogen-bond donors (Lipinski definition) is 2. The highest BCUT2D eigenvalue weighted by Gasteiger charge is 2.52. The molecule has 1 aliphatic carbocycles. The lowest BCUT2D eigenvalue weighted by Crippen LogP contribution is -2.41. The number of ketones is 1. The number of amides is 2. The number of carbonyl (C=O) groups excluding carboxylic acids is 3. The summed E-state index contributed by atoms with van der Waals surface area (Å²) in [6.07, 6.45) is 1.16. The van der Waals surface area contributed by atoms with E-state index in [0.717, 1.165) is 22.3 Å². The number of fused-ring (bicyclic) bond motifs is 4. The van der Waals surface area contributed by atoms with Crippen molar-refractivity contribution in [2.24, 2.45) is 0 Å². The quantitative estimate of drug-likeness (QED) is 0.316. The SMILES string of the molecule is CC1(C)OB(C(=Cc2cccc3c2C(=O)C(=O)N3)CNC(=O)OCC2c3ccccc3-c3ccccc32)OC1(C)C. The van der Waals surface area contributed by atoms with Gasteiger partial charge in [0, 0.05) is 12.5 Å². The molecule has 1 fully saturated rings. The maximum atomic E-state index is 13.0. The number of alkyl carbamates (subject to hydrolysis) is 1. The van der Waals surface area contributed by atoms with E-state index in [-0.39, 0.29) is 24.6 Å². The molecule has 0 spiro atoms. The summed E-state index contributed by atoms with van der Waals surface area (Å²) in [5, 5.41) is 5.43. The van der Waals surface area contributed by atoms with Gasteiger partial charge in [-0.05, 0) is 67.1 Å². The van der Waals surface area contributed by atoms with Crippen LogP contribution in [0, 0.1) is 0 Å². The number of benzene rings is 3. The lowest BCUT2D eigenvalue weighted by Gasteiger charge is -2.32. The van der Waals surface area contributed by atoms with Gasteiger partial charge in [0.2, 0.25) is 0 Å². The number of carbonyl (C=O) groups is 3. The van der Waals surface area contributed by atoms with E-state index < -0.39 is 36.1 Å². The molecule has 3 aromatic rings. The van der Waals surface area contributed by atoms with Gasteiger partial charge in [-0.15, -0.1) is 0 Å². The molecule has 0 saturated carbocycles. The van der Waals surface area contributed by atoms with E-state index in [0.29, 0.717) is 16.7 Å². The van der Waals surface area contributed by atoms with Crippen molar-refractivity contribution < 1.29 is 28.4 Å². The van der Waals surface area contributed by atoms with Crippen LogP contribution in [-0.4, -0.2) is 49.3 Å². The summed E-state index contributed by atoms with van der Waals surface area (Å²) in [5.41, 5.74) is 5.18. The minimum atomic E-state index is -0.787. The summed E-state index contributed by atoms with van der Waals surface area (Å²) in [4.78, 5) is 37.6. The Kier molecular flexibility index (Phi) is 6.59. The number of rotatable bonds is 6. The molecule has 41 heavy (non-hydrogen) atoms. The van der Waals surface area contributed by atoms with E-state index in [1.165, 1.54) is 0 Å². The molecule has 6 rings (SSSR count). The Bertz CT molecular complexity index is 1550. The zero-order valence-corrected chi connectivity index (χ0v) is 23.4. The Morgan fingerprint density at radius 1 is 0.927 bits per heavy atom. The fourth-order valence-electron chi connectivity index (χ4n) is 5.56. The molecule has 3 aliphatic rings. The monoisotopic (exact) mass is 550 g/mol. The Morgan fingerprint density at radius 2 is 1.54 bits per heavy atom. The lowest BCUT2D eigenvalue weighted by molar-refractivity contribution is -0.112. The second-order valence-electron chi connectivity index (χ2n) is 11.5. The summed E-state index contributed by atoms with van der Waals surface area (Å²) in [6, 6.07) is 21.5. The van der Waals surface area contributed by atoms with Crippen LogP contribution in [0.25, 0.3) is 17.2 Å². The zero-order chi connectivity index (χ0) is 28.9. The molecule has 0 bridgehead atoms. The molecule has 0 radical (unpaired) electrons. The van der Waals surface area contributed by atoms with Gasteiger partial charge in [0.25, 0.3) is 11.7 Å². The van der Waals surface area contributed by atoms with E-state index in [2.05, 4.69) is 34.9 Å². The van der Waals surface area contributed by atoms with Gasteiger partial charge in [-0.3, -0.25) is 9.59 Å². The second-order valence-corrected chi connectivity index (χ2v) is 11.5. The van der Waals surface area contributed by atoms with Crippen LogP contribution >= 0.6 is 0 Å². The fraction of sp³-hybridized carbons (Fsp3) is 0.281. The van der Waals surface area contributed by atoms with Crippen LogP contribution in [0.1, 0.15) is 60.7 Å². The van der Waals surface area contributed by atoms with Crippen LogP contribution in [0.15, 0.2) is 72.2 Å². The van der Waals surface area contributed by atoms with Gasteiger partial charge in [-0.2, -0.15) is 0 Å². The molecule has 9 heteroatoms. The van der Waals surface area contributed by atoms with Gasteiger partial charge >= 0.3 is 13.2 Å². The van der Waals surface area contributed by atoms with Crippen molar-refractivity contribution in [2.45, 2.75) is 44.8 Å². The average molecular weight is 550 g/mol.